The van der Waals surface area contributed by atoms with Gasteiger partial charge in [-0.2, -0.15) is 0 Å². The standard InChI is InChI=1S/C24H20FN3O2S3/c25-17-9-7-15(8-10-17)23(30)28-11-1-4-16(14-28)22(29)27-24-26-20(18-5-2-12-31-18)21(33-24)19-6-3-13-32-19/h2-3,5-10,12-13,16H,1,4,11,14H2,(H,26,27,29). The zero-order valence-electron chi connectivity index (χ0n) is 17.5. The van der Waals surface area contributed by atoms with E-state index in [0.29, 0.717) is 30.2 Å². The van der Waals surface area contributed by atoms with Gasteiger partial charge in [0, 0.05) is 23.5 Å². The molecule has 5 rings (SSSR count). The molecule has 1 unspecified atom stereocenters. The Bertz CT molecular complexity index is 1200. The van der Waals surface area contributed by atoms with Crippen molar-refractivity contribution in [3.63, 3.8) is 0 Å². The summed E-state index contributed by atoms with van der Waals surface area (Å²) < 4.78 is 13.2. The molecule has 0 aliphatic carbocycles. The lowest BCUT2D eigenvalue weighted by Gasteiger charge is -2.32. The van der Waals surface area contributed by atoms with Gasteiger partial charge >= 0.3 is 0 Å². The first-order valence-corrected chi connectivity index (χ1v) is 13.1. The Hall–Kier alpha value is -2.88. The van der Waals surface area contributed by atoms with Crippen LogP contribution in [0.15, 0.2) is 59.3 Å². The minimum atomic E-state index is -0.380. The number of halogens is 1. The van der Waals surface area contributed by atoms with E-state index >= 15 is 0 Å². The molecule has 0 radical (unpaired) electrons. The largest absolute Gasteiger partial charge is 0.338 e. The van der Waals surface area contributed by atoms with Crippen LogP contribution in [0.1, 0.15) is 23.2 Å². The highest BCUT2D eigenvalue weighted by Gasteiger charge is 2.30. The van der Waals surface area contributed by atoms with Gasteiger partial charge < -0.3 is 10.2 Å². The quantitative estimate of drug-likeness (QED) is 0.356. The molecule has 0 spiro atoms. The van der Waals surface area contributed by atoms with Gasteiger partial charge in [0.05, 0.1) is 15.7 Å². The number of carbonyl (C=O) groups is 2. The van der Waals surface area contributed by atoms with E-state index in [2.05, 4.69) is 11.4 Å². The monoisotopic (exact) mass is 497 g/mol. The highest BCUT2D eigenvalue weighted by atomic mass is 32.1. The number of likely N-dealkylation sites (tertiary alicyclic amines) is 1. The van der Waals surface area contributed by atoms with Crippen LogP contribution in [0.2, 0.25) is 0 Å². The van der Waals surface area contributed by atoms with Gasteiger partial charge in [0.1, 0.15) is 11.5 Å². The lowest BCUT2D eigenvalue weighted by Crippen LogP contribution is -2.43. The van der Waals surface area contributed by atoms with E-state index in [0.717, 1.165) is 26.7 Å². The second-order valence-corrected chi connectivity index (χ2v) is 10.6. The van der Waals surface area contributed by atoms with Crippen LogP contribution in [0.25, 0.3) is 20.3 Å². The molecule has 0 saturated carbocycles. The zero-order valence-corrected chi connectivity index (χ0v) is 19.9. The summed E-state index contributed by atoms with van der Waals surface area (Å²) in [5.41, 5.74) is 1.31. The van der Waals surface area contributed by atoms with E-state index in [-0.39, 0.29) is 23.5 Å². The van der Waals surface area contributed by atoms with Crippen molar-refractivity contribution in [1.82, 2.24) is 9.88 Å². The van der Waals surface area contributed by atoms with Crippen LogP contribution in [0, 0.1) is 11.7 Å². The molecule has 33 heavy (non-hydrogen) atoms. The van der Waals surface area contributed by atoms with Crippen molar-refractivity contribution in [1.29, 1.82) is 0 Å². The highest BCUT2D eigenvalue weighted by molar-refractivity contribution is 7.24. The maximum atomic E-state index is 13.2. The van der Waals surface area contributed by atoms with Gasteiger partial charge in [-0.25, -0.2) is 9.37 Å². The number of benzene rings is 1. The van der Waals surface area contributed by atoms with Gasteiger partial charge in [-0.05, 0) is 60.0 Å². The number of carbonyl (C=O) groups excluding carboxylic acids is 2. The molecule has 9 heteroatoms. The molecule has 5 nitrogen and oxygen atoms in total. The Balaban J connectivity index is 1.32. The molecule has 4 aromatic rings. The maximum absolute atomic E-state index is 13.2. The number of anilines is 1. The van der Waals surface area contributed by atoms with Crippen molar-refractivity contribution in [2.75, 3.05) is 18.4 Å². The van der Waals surface area contributed by atoms with E-state index in [1.807, 2.05) is 29.0 Å². The molecule has 0 bridgehead atoms. The first kappa shape index (κ1) is 21.9. The average molecular weight is 498 g/mol. The topological polar surface area (TPSA) is 62.3 Å². The van der Waals surface area contributed by atoms with Crippen LogP contribution in [-0.2, 0) is 4.79 Å². The Morgan fingerprint density at radius 2 is 1.76 bits per heavy atom. The predicted octanol–water partition coefficient (Wildman–Crippen LogP) is 6.23. The molecular formula is C24H20FN3O2S3. The predicted molar refractivity (Wildman–Crippen MR) is 132 cm³/mol. The van der Waals surface area contributed by atoms with Gasteiger partial charge in [-0.15, -0.1) is 22.7 Å². The smallest absolute Gasteiger partial charge is 0.253 e. The lowest BCUT2D eigenvalue weighted by atomic mass is 9.96. The Morgan fingerprint density at radius 1 is 1.03 bits per heavy atom. The van der Waals surface area contributed by atoms with Crippen LogP contribution in [0.5, 0.6) is 0 Å². The fourth-order valence-corrected chi connectivity index (χ4v) is 6.51. The van der Waals surface area contributed by atoms with Gasteiger partial charge in [0.25, 0.3) is 5.91 Å². The van der Waals surface area contributed by atoms with E-state index in [1.165, 1.54) is 35.6 Å². The number of thiazole rings is 1. The number of amides is 2. The minimum absolute atomic E-state index is 0.129. The molecule has 3 aromatic heterocycles. The van der Waals surface area contributed by atoms with E-state index in [9.17, 15) is 14.0 Å². The third kappa shape index (κ3) is 4.75. The number of nitrogens with one attached hydrogen (secondary N) is 1. The number of aromatic nitrogens is 1. The third-order valence-electron chi connectivity index (χ3n) is 5.53. The van der Waals surface area contributed by atoms with Crippen LogP contribution >= 0.6 is 34.0 Å². The lowest BCUT2D eigenvalue weighted by molar-refractivity contribution is -0.121. The average Bonchev–Trinajstić information content (AvgIpc) is 3.60. The normalized spacial score (nSPS) is 16.0. The fraction of sp³-hybridized carbons (Fsp3) is 0.208. The van der Waals surface area contributed by atoms with Crippen molar-refractivity contribution < 1.29 is 14.0 Å². The second-order valence-electron chi connectivity index (χ2n) is 7.74. The molecular weight excluding hydrogens is 477 g/mol. The first-order chi connectivity index (χ1) is 16.1. The summed E-state index contributed by atoms with van der Waals surface area (Å²) in [7, 11) is 0. The molecule has 1 saturated heterocycles. The fourth-order valence-electron chi connectivity index (χ4n) is 3.89. The molecule has 4 heterocycles. The zero-order chi connectivity index (χ0) is 22.8. The number of hydrogen-bond acceptors (Lipinski definition) is 6. The summed E-state index contributed by atoms with van der Waals surface area (Å²) >= 11 is 4.73. The van der Waals surface area contributed by atoms with Crippen LogP contribution in [-0.4, -0.2) is 34.8 Å². The number of piperidine rings is 1. The number of nitrogens with zero attached hydrogens (tertiary/aromatic N) is 2. The van der Waals surface area contributed by atoms with Crippen molar-refractivity contribution in [2.24, 2.45) is 5.92 Å². The van der Waals surface area contributed by atoms with Crippen molar-refractivity contribution >= 4 is 51.0 Å². The summed E-state index contributed by atoms with van der Waals surface area (Å²) in [5, 5.41) is 7.60. The highest BCUT2D eigenvalue weighted by Crippen LogP contribution is 2.42. The number of hydrogen-bond donors (Lipinski definition) is 1. The molecule has 1 aliphatic rings. The molecule has 1 N–H and O–H groups in total. The maximum Gasteiger partial charge on any atom is 0.253 e. The van der Waals surface area contributed by atoms with E-state index in [1.54, 1.807) is 27.6 Å². The SMILES string of the molecule is O=C(Nc1nc(-c2cccs2)c(-c2cccs2)s1)C1CCCN(C(=O)c2ccc(F)cc2)C1. The molecule has 1 aromatic carbocycles. The minimum Gasteiger partial charge on any atom is -0.338 e. The number of thiophene rings is 2. The summed E-state index contributed by atoms with van der Waals surface area (Å²) in [6.45, 7) is 0.922. The summed E-state index contributed by atoms with van der Waals surface area (Å²) in [6.07, 6.45) is 1.45. The van der Waals surface area contributed by atoms with Gasteiger partial charge in [0.2, 0.25) is 5.91 Å². The third-order valence-corrected chi connectivity index (χ3v) is 8.42. The van der Waals surface area contributed by atoms with Gasteiger partial charge in [-0.3, -0.25) is 9.59 Å². The Kier molecular flexibility index (Phi) is 6.34. The van der Waals surface area contributed by atoms with Crippen LogP contribution in [0.3, 0.4) is 0 Å². The molecule has 1 aliphatic heterocycles. The van der Waals surface area contributed by atoms with Crippen molar-refractivity contribution in [2.45, 2.75) is 12.8 Å². The summed E-state index contributed by atoms with van der Waals surface area (Å²) in [6, 6.07) is 13.6. The van der Waals surface area contributed by atoms with Crippen LogP contribution < -0.4 is 5.32 Å². The second kappa shape index (κ2) is 9.54. The molecule has 2 amide bonds. The van der Waals surface area contributed by atoms with E-state index in [4.69, 9.17) is 4.98 Å². The molecule has 1 fully saturated rings. The first-order valence-electron chi connectivity index (χ1n) is 10.5. The van der Waals surface area contributed by atoms with E-state index < -0.39 is 0 Å². The molecule has 1 atom stereocenters. The summed E-state index contributed by atoms with van der Waals surface area (Å²) in [5.74, 6) is -1.00. The van der Waals surface area contributed by atoms with Crippen LogP contribution in [0.4, 0.5) is 9.52 Å². The summed E-state index contributed by atoms with van der Waals surface area (Å²) in [4.78, 5) is 35.5. The Labute approximate surface area is 202 Å². The molecule has 168 valence electrons. The number of rotatable bonds is 5. The Morgan fingerprint density at radius 3 is 2.45 bits per heavy atom. The van der Waals surface area contributed by atoms with Gasteiger partial charge in [0.15, 0.2) is 5.13 Å². The van der Waals surface area contributed by atoms with Gasteiger partial charge in [-0.1, -0.05) is 23.5 Å². The van der Waals surface area contributed by atoms with Crippen molar-refractivity contribution in [3.8, 4) is 20.3 Å². The van der Waals surface area contributed by atoms with Crippen molar-refractivity contribution in [3.05, 3.63) is 70.7 Å².